The second-order valence-electron chi connectivity index (χ2n) is 5.70. The van der Waals surface area contributed by atoms with Crippen molar-refractivity contribution in [2.45, 2.75) is 19.4 Å². The summed E-state index contributed by atoms with van der Waals surface area (Å²) in [6.45, 7) is 10.1. The molecular weight excluding hydrogens is 246 g/mol. The average Bonchev–Trinajstić information content (AvgIpc) is 2.39. The van der Waals surface area contributed by atoms with Crippen molar-refractivity contribution in [3.8, 4) is 0 Å². The Bertz CT molecular complexity index is 398. The van der Waals surface area contributed by atoms with E-state index >= 15 is 0 Å². The Morgan fingerprint density at radius 3 is 2.56 bits per heavy atom. The summed E-state index contributed by atoms with van der Waals surface area (Å²) < 4.78 is 0. The molecule has 1 fully saturated rings. The van der Waals surface area contributed by atoms with Gasteiger partial charge in [0.1, 0.15) is 12.1 Å². The molecule has 1 aromatic carbocycles. The quantitative estimate of drug-likeness (QED) is 0.800. The third-order valence-corrected chi connectivity index (χ3v) is 4.36. The lowest BCUT2D eigenvalue weighted by atomic mass is 10.0. The maximum atomic E-state index is 6.05. The Kier molecular flexibility index (Phi) is 4.15. The largest absolute Gasteiger partial charge is 0.360 e. The number of quaternary nitrogens is 2. The summed E-state index contributed by atoms with van der Waals surface area (Å²) >= 11 is 6.05. The lowest BCUT2D eigenvalue weighted by Crippen LogP contribution is -3.23. The van der Waals surface area contributed by atoms with Gasteiger partial charge in [0.05, 0.1) is 26.2 Å². The van der Waals surface area contributed by atoms with Crippen LogP contribution in [-0.2, 0) is 0 Å². The predicted molar refractivity (Wildman–Crippen MR) is 76.2 cm³/mol. The minimum atomic E-state index is 0.292. The van der Waals surface area contributed by atoms with Crippen molar-refractivity contribution < 1.29 is 10.6 Å². The molecule has 1 heterocycles. The fraction of sp³-hybridized carbons (Fsp3) is 0.571. The number of hydrogen-bond acceptors (Lipinski definition) is 1. The molecular formula is C14H24ClN3+2. The maximum Gasteiger partial charge on any atom is 0.141 e. The van der Waals surface area contributed by atoms with Gasteiger partial charge in [0, 0.05) is 10.7 Å². The highest BCUT2D eigenvalue weighted by atomic mass is 35.5. The van der Waals surface area contributed by atoms with Crippen molar-refractivity contribution in [1.29, 1.82) is 0 Å². The molecule has 0 bridgehead atoms. The summed E-state index contributed by atoms with van der Waals surface area (Å²) in [7, 11) is 0. The number of rotatable bonds is 3. The fourth-order valence-corrected chi connectivity index (χ4v) is 2.75. The number of anilines is 1. The van der Waals surface area contributed by atoms with Gasteiger partial charge in [0.15, 0.2) is 0 Å². The van der Waals surface area contributed by atoms with Gasteiger partial charge >= 0.3 is 0 Å². The number of nitrogens with one attached hydrogen (secondary N) is 1. The second-order valence-corrected chi connectivity index (χ2v) is 6.14. The van der Waals surface area contributed by atoms with Crippen molar-refractivity contribution in [3.05, 3.63) is 29.3 Å². The number of nitrogens with zero attached hydrogens (tertiary/aromatic N) is 1. The molecule has 0 radical (unpaired) electrons. The molecule has 3 nitrogen and oxygen atoms in total. The van der Waals surface area contributed by atoms with E-state index in [1.54, 1.807) is 4.90 Å². The van der Waals surface area contributed by atoms with Crippen LogP contribution in [0.3, 0.4) is 0 Å². The molecule has 100 valence electrons. The third kappa shape index (κ3) is 2.97. The van der Waals surface area contributed by atoms with Gasteiger partial charge in [-0.2, -0.15) is 0 Å². The Labute approximate surface area is 115 Å². The number of piperazine rings is 1. The van der Waals surface area contributed by atoms with Crippen LogP contribution < -0.4 is 15.5 Å². The monoisotopic (exact) mass is 269 g/mol. The third-order valence-electron chi connectivity index (χ3n) is 4.12. The SMILES string of the molecule is CC(C)(C[NH3+])[NH+]1CCN(c2cccc(Cl)c2)CC1. The number of benzene rings is 1. The van der Waals surface area contributed by atoms with E-state index in [9.17, 15) is 0 Å². The maximum absolute atomic E-state index is 6.05. The first kappa shape index (κ1) is 13.7. The summed E-state index contributed by atoms with van der Waals surface area (Å²) in [4.78, 5) is 4.09. The van der Waals surface area contributed by atoms with Crippen molar-refractivity contribution in [2.75, 3.05) is 37.6 Å². The van der Waals surface area contributed by atoms with E-state index in [-0.39, 0.29) is 0 Å². The van der Waals surface area contributed by atoms with Gasteiger partial charge in [-0.1, -0.05) is 17.7 Å². The van der Waals surface area contributed by atoms with Gasteiger partial charge in [-0.05, 0) is 32.0 Å². The molecule has 4 heteroatoms. The first-order valence-electron chi connectivity index (χ1n) is 6.68. The minimum Gasteiger partial charge on any atom is -0.360 e. The van der Waals surface area contributed by atoms with E-state index in [1.165, 1.54) is 18.8 Å². The summed E-state index contributed by atoms with van der Waals surface area (Å²) in [5.74, 6) is 0. The summed E-state index contributed by atoms with van der Waals surface area (Å²) in [6.07, 6.45) is 0. The molecule has 0 amide bonds. The zero-order valence-corrected chi connectivity index (χ0v) is 12.1. The van der Waals surface area contributed by atoms with E-state index in [1.807, 2.05) is 12.1 Å². The lowest BCUT2D eigenvalue weighted by molar-refractivity contribution is -0.955. The van der Waals surface area contributed by atoms with E-state index in [2.05, 4.69) is 36.6 Å². The van der Waals surface area contributed by atoms with Gasteiger partial charge in [-0.25, -0.2) is 0 Å². The zero-order chi connectivity index (χ0) is 13.2. The summed E-state index contributed by atoms with van der Waals surface area (Å²) in [5, 5.41) is 0.820. The van der Waals surface area contributed by atoms with E-state index in [4.69, 9.17) is 11.6 Å². The molecule has 0 spiro atoms. The average molecular weight is 270 g/mol. The van der Waals surface area contributed by atoms with E-state index in [0.29, 0.717) is 5.54 Å². The van der Waals surface area contributed by atoms with Crippen LogP contribution in [-0.4, -0.2) is 38.3 Å². The Hall–Kier alpha value is -0.770. The fourth-order valence-electron chi connectivity index (χ4n) is 2.56. The molecule has 0 saturated carbocycles. The smallest absolute Gasteiger partial charge is 0.141 e. The highest BCUT2D eigenvalue weighted by molar-refractivity contribution is 6.30. The van der Waals surface area contributed by atoms with Crippen LogP contribution in [0.1, 0.15) is 13.8 Å². The Balaban J connectivity index is 1.99. The first-order valence-corrected chi connectivity index (χ1v) is 7.06. The molecule has 0 aromatic heterocycles. The van der Waals surface area contributed by atoms with Gasteiger partial charge in [-0.15, -0.1) is 0 Å². The van der Waals surface area contributed by atoms with Crippen LogP contribution in [0.2, 0.25) is 5.02 Å². The highest BCUT2D eigenvalue weighted by Gasteiger charge is 2.34. The zero-order valence-electron chi connectivity index (χ0n) is 11.4. The van der Waals surface area contributed by atoms with Gasteiger partial charge in [-0.3, -0.25) is 0 Å². The lowest BCUT2D eigenvalue weighted by Gasteiger charge is -2.40. The van der Waals surface area contributed by atoms with Crippen LogP contribution >= 0.6 is 11.6 Å². The molecule has 4 N–H and O–H groups in total. The van der Waals surface area contributed by atoms with E-state index < -0.39 is 0 Å². The molecule has 0 aliphatic carbocycles. The second kappa shape index (κ2) is 5.47. The van der Waals surface area contributed by atoms with Crippen LogP contribution in [0.25, 0.3) is 0 Å². The molecule has 1 aliphatic heterocycles. The minimum absolute atomic E-state index is 0.292. The molecule has 18 heavy (non-hydrogen) atoms. The van der Waals surface area contributed by atoms with Gasteiger partial charge in [0.2, 0.25) is 0 Å². The Morgan fingerprint density at radius 1 is 1.33 bits per heavy atom. The predicted octanol–water partition coefficient (Wildman–Crippen LogP) is 0.0654. The molecule has 0 atom stereocenters. The molecule has 1 aliphatic rings. The Morgan fingerprint density at radius 2 is 2.00 bits per heavy atom. The van der Waals surface area contributed by atoms with Gasteiger partial charge in [0.25, 0.3) is 0 Å². The summed E-state index contributed by atoms with van der Waals surface area (Å²) in [6, 6.07) is 8.15. The van der Waals surface area contributed by atoms with Crippen molar-refractivity contribution in [1.82, 2.24) is 0 Å². The first-order chi connectivity index (χ1) is 8.53. The van der Waals surface area contributed by atoms with Crippen LogP contribution in [0.15, 0.2) is 24.3 Å². The highest BCUT2D eigenvalue weighted by Crippen LogP contribution is 2.19. The van der Waals surface area contributed by atoms with Crippen molar-refractivity contribution >= 4 is 17.3 Å². The molecule has 1 aromatic rings. The van der Waals surface area contributed by atoms with Gasteiger partial charge < -0.3 is 15.5 Å². The van der Waals surface area contributed by atoms with E-state index in [0.717, 1.165) is 24.7 Å². The topological polar surface area (TPSA) is 35.3 Å². The number of halogens is 1. The standard InChI is InChI=1S/C14H22ClN3/c1-14(2,11-16)18-8-6-17(7-9-18)13-5-3-4-12(15)10-13/h3-5,10H,6-9,11,16H2,1-2H3/p+2. The van der Waals surface area contributed by atoms with Crippen molar-refractivity contribution in [2.24, 2.45) is 0 Å². The van der Waals surface area contributed by atoms with Crippen LogP contribution in [0, 0.1) is 0 Å². The van der Waals surface area contributed by atoms with Crippen LogP contribution in [0.5, 0.6) is 0 Å². The number of hydrogen-bond donors (Lipinski definition) is 2. The molecule has 0 unspecified atom stereocenters. The normalized spacial score (nSPS) is 18.1. The van der Waals surface area contributed by atoms with Crippen LogP contribution in [0.4, 0.5) is 5.69 Å². The summed E-state index contributed by atoms with van der Waals surface area (Å²) in [5.41, 5.74) is 5.61. The molecule has 2 rings (SSSR count). The van der Waals surface area contributed by atoms with Crippen molar-refractivity contribution in [3.63, 3.8) is 0 Å². The molecule has 1 saturated heterocycles.